The van der Waals surface area contributed by atoms with Crippen molar-refractivity contribution in [1.29, 1.82) is 0 Å². The van der Waals surface area contributed by atoms with Gasteiger partial charge in [-0.2, -0.15) is 0 Å². The molecule has 0 spiro atoms. The van der Waals surface area contributed by atoms with Crippen LogP contribution in [0.3, 0.4) is 0 Å². The second kappa shape index (κ2) is 4.26. The molecule has 0 amide bonds. The van der Waals surface area contributed by atoms with Gasteiger partial charge in [-0.3, -0.25) is 0 Å². The molecule has 0 saturated carbocycles. The molecule has 1 N–H and O–H groups in total. The molecule has 0 fully saturated rings. The van der Waals surface area contributed by atoms with Crippen molar-refractivity contribution in [3.05, 3.63) is 30.1 Å². The molecule has 0 aliphatic carbocycles. The number of aliphatic hydroxyl groups is 1. The fraction of sp³-hybridized carbons (Fsp3) is 0.462. The number of hydrogen-bond acceptors (Lipinski definition) is 2. The normalized spacial score (nSPS) is 15.2. The van der Waals surface area contributed by atoms with E-state index in [0.29, 0.717) is 6.04 Å². The molecular formula is C13H18N2O. The van der Waals surface area contributed by atoms with Gasteiger partial charge < -0.3 is 9.67 Å². The zero-order valence-corrected chi connectivity index (χ0v) is 10.0. The lowest BCUT2D eigenvalue weighted by Gasteiger charge is -2.16. The van der Waals surface area contributed by atoms with Crippen molar-refractivity contribution < 1.29 is 5.11 Å². The molecule has 3 nitrogen and oxygen atoms in total. The third kappa shape index (κ3) is 1.71. The van der Waals surface area contributed by atoms with Crippen molar-refractivity contribution in [2.75, 3.05) is 0 Å². The highest BCUT2D eigenvalue weighted by atomic mass is 16.3. The lowest BCUT2D eigenvalue weighted by atomic mass is 10.2. The Kier molecular flexibility index (Phi) is 2.97. The summed E-state index contributed by atoms with van der Waals surface area (Å²) in [6.07, 6.45) is 0.501. The van der Waals surface area contributed by atoms with Crippen LogP contribution in [0.2, 0.25) is 0 Å². The summed E-state index contributed by atoms with van der Waals surface area (Å²) in [5, 5.41) is 9.77. The number of aromatic nitrogens is 2. The molecule has 1 aromatic carbocycles. The molecule has 1 aromatic heterocycles. The van der Waals surface area contributed by atoms with E-state index in [9.17, 15) is 5.11 Å². The van der Waals surface area contributed by atoms with Crippen molar-refractivity contribution in [3.8, 4) is 0 Å². The standard InChI is InChI=1S/C13H18N2O/c1-4-9(2)15-12-8-6-5-7-11(12)14-13(15)10(3)16/h5-10,16H,4H2,1-3H3/t9-,10+/m1/s1. The number of nitrogens with zero attached hydrogens (tertiary/aromatic N) is 2. The molecular weight excluding hydrogens is 200 g/mol. The molecule has 2 atom stereocenters. The number of para-hydroxylation sites is 2. The van der Waals surface area contributed by atoms with Gasteiger partial charge in [0.05, 0.1) is 11.0 Å². The van der Waals surface area contributed by atoms with E-state index in [1.807, 2.05) is 18.2 Å². The van der Waals surface area contributed by atoms with Crippen molar-refractivity contribution in [1.82, 2.24) is 9.55 Å². The van der Waals surface area contributed by atoms with Gasteiger partial charge in [0.15, 0.2) is 0 Å². The minimum atomic E-state index is -0.526. The summed E-state index contributed by atoms with van der Waals surface area (Å²) in [5.74, 6) is 0.760. The number of aliphatic hydroxyl groups excluding tert-OH is 1. The van der Waals surface area contributed by atoms with Crippen molar-refractivity contribution >= 4 is 11.0 Å². The molecule has 0 aliphatic heterocycles. The highest BCUT2D eigenvalue weighted by molar-refractivity contribution is 5.76. The molecule has 1 heterocycles. The molecule has 2 rings (SSSR count). The van der Waals surface area contributed by atoms with Crippen molar-refractivity contribution in [2.24, 2.45) is 0 Å². The first-order valence-electron chi connectivity index (χ1n) is 5.80. The minimum Gasteiger partial charge on any atom is -0.385 e. The molecule has 0 radical (unpaired) electrons. The van der Waals surface area contributed by atoms with E-state index in [2.05, 4.69) is 29.5 Å². The van der Waals surface area contributed by atoms with Crippen LogP contribution in [0.15, 0.2) is 24.3 Å². The fourth-order valence-corrected chi connectivity index (χ4v) is 2.00. The van der Waals surface area contributed by atoms with Crippen LogP contribution in [0.5, 0.6) is 0 Å². The van der Waals surface area contributed by atoms with E-state index in [4.69, 9.17) is 0 Å². The Labute approximate surface area is 95.7 Å². The second-order valence-corrected chi connectivity index (χ2v) is 4.26. The van der Waals surface area contributed by atoms with Gasteiger partial charge in [-0.1, -0.05) is 19.1 Å². The lowest BCUT2D eigenvalue weighted by Crippen LogP contribution is -2.10. The summed E-state index contributed by atoms with van der Waals surface area (Å²) < 4.78 is 2.14. The first-order valence-corrected chi connectivity index (χ1v) is 5.80. The molecule has 3 heteroatoms. The quantitative estimate of drug-likeness (QED) is 0.859. The van der Waals surface area contributed by atoms with E-state index in [1.165, 1.54) is 0 Å². The zero-order chi connectivity index (χ0) is 11.7. The number of benzene rings is 1. The molecule has 86 valence electrons. The lowest BCUT2D eigenvalue weighted by molar-refractivity contribution is 0.182. The molecule has 2 aromatic rings. The maximum absolute atomic E-state index is 9.77. The van der Waals surface area contributed by atoms with Gasteiger partial charge in [0.1, 0.15) is 11.9 Å². The van der Waals surface area contributed by atoms with Gasteiger partial charge in [-0.05, 0) is 32.4 Å². The first kappa shape index (κ1) is 11.1. The van der Waals surface area contributed by atoms with Crippen LogP contribution in [0.25, 0.3) is 11.0 Å². The summed E-state index contributed by atoms with van der Waals surface area (Å²) in [5.41, 5.74) is 2.06. The van der Waals surface area contributed by atoms with Crippen molar-refractivity contribution in [2.45, 2.75) is 39.3 Å². The first-order chi connectivity index (χ1) is 7.65. The van der Waals surface area contributed by atoms with Gasteiger partial charge in [-0.25, -0.2) is 4.98 Å². The molecule has 0 aliphatic rings. The van der Waals surface area contributed by atoms with Crippen molar-refractivity contribution in [3.63, 3.8) is 0 Å². The summed E-state index contributed by atoms with van der Waals surface area (Å²) in [7, 11) is 0. The van der Waals surface area contributed by atoms with Crippen LogP contribution in [0.1, 0.15) is 45.2 Å². The number of hydrogen-bond donors (Lipinski definition) is 1. The Bertz CT molecular complexity index is 488. The van der Waals surface area contributed by atoms with Crippen LogP contribution >= 0.6 is 0 Å². The van der Waals surface area contributed by atoms with Gasteiger partial charge in [-0.15, -0.1) is 0 Å². The highest BCUT2D eigenvalue weighted by Crippen LogP contribution is 2.26. The van der Waals surface area contributed by atoms with E-state index >= 15 is 0 Å². The van der Waals surface area contributed by atoms with Crippen LogP contribution in [-0.2, 0) is 0 Å². The largest absolute Gasteiger partial charge is 0.385 e. The van der Waals surface area contributed by atoms with Gasteiger partial charge in [0.25, 0.3) is 0 Å². The summed E-state index contributed by atoms with van der Waals surface area (Å²) in [6.45, 7) is 6.06. The maximum Gasteiger partial charge on any atom is 0.138 e. The Morgan fingerprint density at radius 1 is 1.31 bits per heavy atom. The summed E-state index contributed by atoms with van der Waals surface area (Å²) in [4.78, 5) is 4.49. The fourth-order valence-electron chi connectivity index (χ4n) is 2.00. The third-order valence-electron chi connectivity index (χ3n) is 3.03. The zero-order valence-electron chi connectivity index (χ0n) is 10.0. The van der Waals surface area contributed by atoms with E-state index < -0.39 is 6.10 Å². The SMILES string of the molecule is CC[C@@H](C)n1c([C@H](C)O)nc2ccccc21. The molecule has 0 unspecified atom stereocenters. The Hall–Kier alpha value is -1.35. The van der Waals surface area contributed by atoms with Gasteiger partial charge >= 0.3 is 0 Å². The minimum absolute atomic E-state index is 0.358. The van der Waals surface area contributed by atoms with E-state index in [0.717, 1.165) is 23.3 Å². The molecule has 0 bridgehead atoms. The molecule has 16 heavy (non-hydrogen) atoms. The topological polar surface area (TPSA) is 38.0 Å². The summed E-state index contributed by atoms with van der Waals surface area (Å²) in [6, 6.07) is 8.38. The van der Waals surface area contributed by atoms with Gasteiger partial charge in [0.2, 0.25) is 0 Å². The predicted molar refractivity (Wildman–Crippen MR) is 65.4 cm³/mol. The average Bonchev–Trinajstić information content (AvgIpc) is 2.67. The highest BCUT2D eigenvalue weighted by Gasteiger charge is 2.17. The number of rotatable bonds is 3. The summed E-state index contributed by atoms with van der Waals surface area (Å²) >= 11 is 0. The number of imidazole rings is 1. The van der Waals surface area contributed by atoms with Gasteiger partial charge in [0, 0.05) is 6.04 Å². The van der Waals surface area contributed by atoms with E-state index in [1.54, 1.807) is 6.92 Å². The Morgan fingerprint density at radius 2 is 2.00 bits per heavy atom. The number of fused-ring (bicyclic) bond motifs is 1. The van der Waals surface area contributed by atoms with Crippen LogP contribution < -0.4 is 0 Å². The molecule has 0 saturated heterocycles. The van der Waals surface area contributed by atoms with E-state index in [-0.39, 0.29) is 0 Å². The van der Waals surface area contributed by atoms with Crippen LogP contribution in [0.4, 0.5) is 0 Å². The predicted octanol–water partition coefficient (Wildman–Crippen LogP) is 3.06. The Balaban J connectivity index is 2.69. The average molecular weight is 218 g/mol. The third-order valence-corrected chi connectivity index (χ3v) is 3.03. The smallest absolute Gasteiger partial charge is 0.138 e. The van der Waals surface area contributed by atoms with Crippen LogP contribution in [-0.4, -0.2) is 14.7 Å². The second-order valence-electron chi connectivity index (χ2n) is 4.26. The van der Waals surface area contributed by atoms with Crippen LogP contribution in [0, 0.1) is 0 Å². The monoisotopic (exact) mass is 218 g/mol. The maximum atomic E-state index is 9.77. The Morgan fingerprint density at radius 3 is 2.62 bits per heavy atom.